The van der Waals surface area contributed by atoms with Gasteiger partial charge in [-0.25, -0.2) is 9.97 Å². The van der Waals surface area contributed by atoms with Gasteiger partial charge in [0.1, 0.15) is 5.82 Å². The van der Waals surface area contributed by atoms with Gasteiger partial charge in [-0.1, -0.05) is 17.4 Å². The predicted octanol–water partition coefficient (Wildman–Crippen LogP) is 5.12. The number of aromatic amines is 1. The first-order valence-electron chi connectivity index (χ1n) is 10.0. The van der Waals surface area contributed by atoms with Crippen LogP contribution in [0.1, 0.15) is 31.0 Å². The van der Waals surface area contributed by atoms with Crippen LogP contribution in [0.4, 0.5) is 10.9 Å². The van der Waals surface area contributed by atoms with Gasteiger partial charge in [-0.3, -0.25) is 10.00 Å². The second-order valence-electron chi connectivity index (χ2n) is 7.75. The Balaban J connectivity index is 1.36. The van der Waals surface area contributed by atoms with Crippen LogP contribution in [0.3, 0.4) is 0 Å². The molecule has 0 saturated carbocycles. The standard InChI is InChI=1S/C22H24N6S/c1-14-4-3-9-28(14)13-16-7-8-23-21(10-16)26-22-25-19-6-5-17(11-20(19)29-22)18-12-24-27-15(18)2/h5-8,10-12,14H,3-4,9,13H2,1-2H3,(H,24,27)(H,23,25,26). The maximum Gasteiger partial charge on any atom is 0.189 e. The van der Waals surface area contributed by atoms with E-state index < -0.39 is 0 Å². The molecule has 1 saturated heterocycles. The van der Waals surface area contributed by atoms with Crippen molar-refractivity contribution in [2.45, 2.75) is 39.3 Å². The molecule has 4 heterocycles. The summed E-state index contributed by atoms with van der Waals surface area (Å²) >= 11 is 1.65. The topological polar surface area (TPSA) is 69.7 Å². The molecule has 5 rings (SSSR count). The van der Waals surface area contributed by atoms with Crippen molar-refractivity contribution < 1.29 is 0 Å². The molecular weight excluding hydrogens is 380 g/mol. The summed E-state index contributed by atoms with van der Waals surface area (Å²) in [5.41, 5.74) is 5.62. The molecule has 2 N–H and O–H groups in total. The quantitative estimate of drug-likeness (QED) is 0.483. The molecule has 1 unspecified atom stereocenters. The maximum absolute atomic E-state index is 4.73. The number of anilines is 2. The fraction of sp³-hybridized carbons (Fsp3) is 0.318. The summed E-state index contributed by atoms with van der Waals surface area (Å²) in [7, 11) is 0. The second kappa shape index (κ2) is 7.57. The average Bonchev–Trinajstić information content (AvgIpc) is 3.42. The largest absolute Gasteiger partial charge is 0.316 e. The second-order valence-corrected chi connectivity index (χ2v) is 8.78. The Morgan fingerprint density at radius 1 is 1.28 bits per heavy atom. The Hall–Kier alpha value is -2.77. The smallest absolute Gasteiger partial charge is 0.189 e. The lowest BCUT2D eigenvalue weighted by Crippen LogP contribution is -2.26. The van der Waals surface area contributed by atoms with Crippen LogP contribution in [0, 0.1) is 6.92 Å². The van der Waals surface area contributed by atoms with E-state index in [1.165, 1.54) is 24.9 Å². The average molecular weight is 405 g/mol. The van der Waals surface area contributed by atoms with Gasteiger partial charge in [0.2, 0.25) is 0 Å². The molecule has 0 spiro atoms. The summed E-state index contributed by atoms with van der Waals surface area (Å²) in [5.74, 6) is 0.847. The van der Waals surface area contributed by atoms with Gasteiger partial charge in [0.15, 0.2) is 5.13 Å². The number of thiazole rings is 1. The molecular formula is C22H24N6S. The summed E-state index contributed by atoms with van der Waals surface area (Å²) in [4.78, 5) is 11.8. The first-order chi connectivity index (χ1) is 14.2. The van der Waals surface area contributed by atoms with Crippen molar-refractivity contribution in [3.05, 3.63) is 54.0 Å². The molecule has 148 valence electrons. The van der Waals surface area contributed by atoms with Gasteiger partial charge in [-0.15, -0.1) is 0 Å². The predicted molar refractivity (Wildman–Crippen MR) is 119 cm³/mol. The van der Waals surface area contributed by atoms with Crippen LogP contribution >= 0.6 is 11.3 Å². The Kier molecular flexibility index (Phi) is 4.77. The minimum absolute atomic E-state index is 0.664. The van der Waals surface area contributed by atoms with Gasteiger partial charge in [0.25, 0.3) is 0 Å². The third-order valence-electron chi connectivity index (χ3n) is 5.66. The van der Waals surface area contributed by atoms with Gasteiger partial charge < -0.3 is 5.32 Å². The lowest BCUT2D eigenvalue weighted by molar-refractivity contribution is 0.260. The zero-order valence-corrected chi connectivity index (χ0v) is 17.5. The molecule has 1 fully saturated rings. The van der Waals surface area contributed by atoms with Crippen LogP contribution < -0.4 is 5.32 Å². The number of likely N-dealkylation sites (tertiary alicyclic amines) is 1. The van der Waals surface area contributed by atoms with Crippen molar-refractivity contribution in [1.82, 2.24) is 25.1 Å². The highest BCUT2D eigenvalue weighted by molar-refractivity contribution is 7.22. The zero-order valence-electron chi connectivity index (χ0n) is 16.6. The van der Waals surface area contributed by atoms with Gasteiger partial charge in [0.05, 0.1) is 16.4 Å². The van der Waals surface area contributed by atoms with E-state index in [2.05, 4.69) is 62.7 Å². The minimum Gasteiger partial charge on any atom is -0.316 e. The number of H-pyrrole nitrogens is 1. The van der Waals surface area contributed by atoms with Crippen LogP contribution in [0.5, 0.6) is 0 Å². The molecule has 3 aromatic heterocycles. The molecule has 1 atom stereocenters. The molecule has 0 aliphatic carbocycles. The molecule has 1 aliphatic rings. The van der Waals surface area contributed by atoms with E-state index in [0.717, 1.165) is 44.5 Å². The number of fused-ring (bicyclic) bond motifs is 1. The number of benzene rings is 1. The van der Waals surface area contributed by atoms with Crippen molar-refractivity contribution in [3.8, 4) is 11.1 Å². The normalized spacial score (nSPS) is 17.2. The zero-order chi connectivity index (χ0) is 19.8. The maximum atomic E-state index is 4.73. The number of hydrogen-bond acceptors (Lipinski definition) is 6. The Bertz CT molecular complexity index is 1150. The number of hydrogen-bond donors (Lipinski definition) is 2. The van der Waals surface area contributed by atoms with E-state index in [9.17, 15) is 0 Å². The van der Waals surface area contributed by atoms with E-state index >= 15 is 0 Å². The minimum atomic E-state index is 0.664. The van der Waals surface area contributed by atoms with Gasteiger partial charge >= 0.3 is 0 Å². The first kappa shape index (κ1) is 18.3. The van der Waals surface area contributed by atoms with Crippen LogP contribution in [0.25, 0.3) is 21.3 Å². The van der Waals surface area contributed by atoms with Crippen molar-refractivity contribution in [3.63, 3.8) is 0 Å². The third kappa shape index (κ3) is 3.75. The number of aryl methyl sites for hydroxylation is 1. The van der Waals surface area contributed by atoms with E-state index in [1.807, 2.05) is 19.3 Å². The molecule has 0 amide bonds. The lowest BCUT2D eigenvalue weighted by atomic mass is 10.1. The van der Waals surface area contributed by atoms with Crippen LogP contribution in [0.15, 0.2) is 42.7 Å². The molecule has 0 bridgehead atoms. The molecule has 1 aromatic carbocycles. The fourth-order valence-corrected chi connectivity index (χ4v) is 4.91. The van der Waals surface area contributed by atoms with Crippen molar-refractivity contribution in [2.24, 2.45) is 0 Å². The third-order valence-corrected chi connectivity index (χ3v) is 6.60. The van der Waals surface area contributed by atoms with E-state index in [-0.39, 0.29) is 0 Å². The molecule has 1 aliphatic heterocycles. The highest BCUT2D eigenvalue weighted by Crippen LogP contribution is 2.32. The monoisotopic (exact) mass is 404 g/mol. The molecule has 29 heavy (non-hydrogen) atoms. The van der Waals surface area contributed by atoms with Crippen LogP contribution in [0.2, 0.25) is 0 Å². The van der Waals surface area contributed by atoms with Crippen LogP contribution in [-0.4, -0.2) is 37.7 Å². The van der Waals surface area contributed by atoms with E-state index in [1.54, 1.807) is 11.3 Å². The Morgan fingerprint density at radius 2 is 2.21 bits per heavy atom. The molecule has 0 radical (unpaired) electrons. The highest BCUT2D eigenvalue weighted by atomic mass is 32.1. The highest BCUT2D eigenvalue weighted by Gasteiger charge is 2.20. The number of rotatable bonds is 5. The van der Waals surface area contributed by atoms with E-state index in [4.69, 9.17) is 4.98 Å². The molecule has 6 nitrogen and oxygen atoms in total. The number of pyridine rings is 1. The fourth-order valence-electron chi connectivity index (χ4n) is 4.00. The van der Waals surface area contributed by atoms with Crippen molar-refractivity contribution >= 4 is 32.5 Å². The first-order valence-corrected chi connectivity index (χ1v) is 10.8. The Morgan fingerprint density at radius 3 is 3.00 bits per heavy atom. The SMILES string of the molecule is Cc1[nH]ncc1-c1ccc2nc(Nc3cc(CN4CCCC4C)ccn3)sc2c1. The number of nitrogens with zero attached hydrogens (tertiary/aromatic N) is 4. The summed E-state index contributed by atoms with van der Waals surface area (Å²) in [5, 5.41) is 11.4. The van der Waals surface area contributed by atoms with Crippen molar-refractivity contribution in [2.75, 3.05) is 11.9 Å². The van der Waals surface area contributed by atoms with Gasteiger partial charge in [-0.2, -0.15) is 5.10 Å². The summed E-state index contributed by atoms with van der Waals surface area (Å²) in [6.45, 7) is 6.51. The van der Waals surface area contributed by atoms with Gasteiger partial charge in [0, 0.05) is 30.0 Å². The summed E-state index contributed by atoms with van der Waals surface area (Å²) in [6.07, 6.45) is 6.34. The lowest BCUT2D eigenvalue weighted by Gasteiger charge is -2.21. The van der Waals surface area contributed by atoms with E-state index in [0.29, 0.717) is 6.04 Å². The summed E-state index contributed by atoms with van der Waals surface area (Å²) in [6, 6.07) is 11.2. The van der Waals surface area contributed by atoms with Crippen LogP contribution in [-0.2, 0) is 6.54 Å². The molecule has 7 heteroatoms. The number of aromatic nitrogens is 4. The number of nitrogens with one attached hydrogen (secondary N) is 2. The van der Waals surface area contributed by atoms with Gasteiger partial charge in [-0.05, 0) is 68.6 Å². The summed E-state index contributed by atoms with van der Waals surface area (Å²) < 4.78 is 1.15. The van der Waals surface area contributed by atoms with Crippen molar-refractivity contribution in [1.29, 1.82) is 0 Å². The molecule has 4 aromatic rings. The Labute approximate surface area is 174 Å².